The van der Waals surface area contributed by atoms with Crippen LogP contribution in [0.4, 0.5) is 8.78 Å². The maximum atomic E-state index is 13.6. The van der Waals surface area contributed by atoms with Crippen molar-refractivity contribution in [2.24, 2.45) is 0 Å². The molecule has 0 saturated carbocycles. The van der Waals surface area contributed by atoms with Gasteiger partial charge in [0, 0.05) is 17.6 Å². The van der Waals surface area contributed by atoms with Crippen LogP contribution in [0.2, 0.25) is 0 Å². The number of benzene rings is 1. The van der Waals surface area contributed by atoms with Gasteiger partial charge >= 0.3 is 0 Å². The number of hydrogen-bond acceptors (Lipinski definition) is 1. The first-order valence-electron chi connectivity index (χ1n) is 4.67. The minimum Gasteiger partial charge on any atom is -0.253 e. The molecular weight excluding hydrogens is 232 g/mol. The number of nitrogens with zero attached hydrogens (tertiary/aromatic N) is 1. The molecule has 2 aromatic rings. The monoisotopic (exact) mass is 239 g/mol. The second-order valence-electron chi connectivity index (χ2n) is 3.32. The Hall–Kier alpha value is -1.48. The van der Waals surface area contributed by atoms with Crippen molar-refractivity contribution in [2.75, 3.05) is 0 Å². The molecule has 0 amide bonds. The third-order valence-electron chi connectivity index (χ3n) is 2.15. The summed E-state index contributed by atoms with van der Waals surface area (Å²) in [6.45, 7) is 0. The van der Waals surface area contributed by atoms with E-state index in [1.807, 2.05) is 0 Å². The summed E-state index contributed by atoms with van der Waals surface area (Å²) in [5, 5.41) is 0. The fourth-order valence-electron chi connectivity index (χ4n) is 1.40. The minimum absolute atomic E-state index is 0.133. The molecule has 0 fully saturated rings. The first-order valence-corrected chi connectivity index (χ1v) is 5.20. The Bertz CT molecular complexity index is 514. The van der Waals surface area contributed by atoms with Crippen molar-refractivity contribution in [2.45, 2.75) is 5.88 Å². The normalized spacial score (nSPS) is 10.4. The minimum atomic E-state index is -0.497. The number of halogens is 3. The molecule has 1 aromatic carbocycles. The largest absolute Gasteiger partial charge is 0.253 e. The summed E-state index contributed by atoms with van der Waals surface area (Å²) in [5.41, 5.74) is 1.14. The van der Waals surface area contributed by atoms with E-state index in [0.717, 1.165) is 0 Å². The standard InChI is InChI=1S/C12H8ClF2N/c13-6-8-4-11(15)12(16-7-8)9-2-1-3-10(14)5-9/h1-5,7H,6H2. The lowest BCUT2D eigenvalue weighted by molar-refractivity contribution is 0.620. The van der Waals surface area contributed by atoms with Crippen LogP contribution in [0.5, 0.6) is 0 Å². The molecule has 0 bridgehead atoms. The van der Waals surface area contributed by atoms with Gasteiger partial charge in [0.25, 0.3) is 0 Å². The molecule has 2 rings (SSSR count). The Morgan fingerprint density at radius 1 is 1.19 bits per heavy atom. The van der Waals surface area contributed by atoms with E-state index in [2.05, 4.69) is 4.98 Å². The zero-order valence-electron chi connectivity index (χ0n) is 8.25. The highest BCUT2D eigenvalue weighted by atomic mass is 35.5. The zero-order chi connectivity index (χ0) is 11.5. The third-order valence-corrected chi connectivity index (χ3v) is 2.46. The smallest absolute Gasteiger partial charge is 0.149 e. The van der Waals surface area contributed by atoms with Crippen LogP contribution in [0, 0.1) is 11.6 Å². The van der Waals surface area contributed by atoms with Gasteiger partial charge in [-0.15, -0.1) is 11.6 Å². The van der Waals surface area contributed by atoms with Crippen molar-refractivity contribution in [1.82, 2.24) is 4.98 Å². The van der Waals surface area contributed by atoms with Crippen molar-refractivity contribution in [3.05, 3.63) is 53.7 Å². The van der Waals surface area contributed by atoms with Crippen molar-refractivity contribution in [1.29, 1.82) is 0 Å². The maximum absolute atomic E-state index is 13.6. The van der Waals surface area contributed by atoms with Crippen LogP contribution in [-0.2, 0) is 5.88 Å². The number of hydrogen-bond donors (Lipinski definition) is 0. The van der Waals surface area contributed by atoms with E-state index in [-0.39, 0.29) is 11.6 Å². The molecule has 0 atom stereocenters. The second-order valence-corrected chi connectivity index (χ2v) is 3.59. The van der Waals surface area contributed by atoms with Gasteiger partial charge < -0.3 is 0 Å². The van der Waals surface area contributed by atoms with Gasteiger partial charge in [0.15, 0.2) is 0 Å². The molecule has 16 heavy (non-hydrogen) atoms. The van der Waals surface area contributed by atoms with Crippen LogP contribution >= 0.6 is 11.6 Å². The molecule has 82 valence electrons. The highest BCUT2D eigenvalue weighted by molar-refractivity contribution is 6.17. The summed E-state index contributed by atoms with van der Waals surface area (Å²) in [4.78, 5) is 3.93. The molecule has 1 nitrogen and oxygen atoms in total. The SMILES string of the molecule is Fc1cccc(-c2ncc(CCl)cc2F)c1. The summed E-state index contributed by atoms with van der Waals surface area (Å²) in [6, 6.07) is 6.97. The summed E-state index contributed by atoms with van der Waals surface area (Å²) < 4.78 is 26.6. The topological polar surface area (TPSA) is 12.9 Å². The van der Waals surface area contributed by atoms with Crippen LogP contribution in [0.25, 0.3) is 11.3 Å². The zero-order valence-corrected chi connectivity index (χ0v) is 9.01. The molecule has 4 heteroatoms. The molecule has 0 spiro atoms. The van der Waals surface area contributed by atoms with Gasteiger partial charge in [-0.2, -0.15) is 0 Å². The van der Waals surface area contributed by atoms with E-state index in [9.17, 15) is 8.78 Å². The van der Waals surface area contributed by atoms with Gasteiger partial charge in [0.1, 0.15) is 17.3 Å². The Kier molecular flexibility index (Phi) is 3.15. The van der Waals surface area contributed by atoms with E-state index in [4.69, 9.17) is 11.6 Å². The molecule has 0 saturated heterocycles. The third kappa shape index (κ3) is 2.19. The molecule has 0 aliphatic heterocycles. The Morgan fingerprint density at radius 2 is 2.00 bits per heavy atom. The average molecular weight is 240 g/mol. The molecule has 1 aromatic heterocycles. The lowest BCUT2D eigenvalue weighted by Crippen LogP contribution is -1.92. The van der Waals surface area contributed by atoms with E-state index in [1.165, 1.54) is 30.5 Å². The molecular formula is C12H8ClF2N. The van der Waals surface area contributed by atoms with E-state index < -0.39 is 11.6 Å². The van der Waals surface area contributed by atoms with Crippen LogP contribution < -0.4 is 0 Å². The quantitative estimate of drug-likeness (QED) is 0.727. The summed E-state index contributed by atoms with van der Waals surface area (Å²) in [7, 11) is 0. The predicted molar refractivity (Wildman–Crippen MR) is 59.1 cm³/mol. The average Bonchev–Trinajstić information content (AvgIpc) is 2.28. The second kappa shape index (κ2) is 4.58. The van der Waals surface area contributed by atoms with Crippen molar-refractivity contribution in [3.8, 4) is 11.3 Å². The van der Waals surface area contributed by atoms with Gasteiger partial charge in [-0.3, -0.25) is 4.98 Å². The molecule has 1 heterocycles. The first kappa shape index (κ1) is 11.0. The van der Waals surface area contributed by atoms with Crippen molar-refractivity contribution < 1.29 is 8.78 Å². The van der Waals surface area contributed by atoms with E-state index >= 15 is 0 Å². The van der Waals surface area contributed by atoms with Crippen LogP contribution in [-0.4, -0.2) is 4.98 Å². The van der Waals surface area contributed by atoms with Gasteiger partial charge in [0.05, 0.1) is 0 Å². The van der Waals surface area contributed by atoms with Crippen molar-refractivity contribution in [3.63, 3.8) is 0 Å². The molecule has 0 N–H and O–H groups in total. The summed E-state index contributed by atoms with van der Waals surface area (Å²) in [6.07, 6.45) is 1.48. The fraction of sp³-hybridized carbons (Fsp3) is 0.0833. The van der Waals surface area contributed by atoms with Gasteiger partial charge in [-0.05, 0) is 23.8 Å². The summed E-state index contributed by atoms with van der Waals surface area (Å²) >= 11 is 5.56. The van der Waals surface area contributed by atoms with Crippen molar-refractivity contribution >= 4 is 11.6 Å². The predicted octanol–water partition coefficient (Wildman–Crippen LogP) is 3.77. The van der Waals surface area contributed by atoms with E-state index in [0.29, 0.717) is 11.1 Å². The van der Waals surface area contributed by atoms with Gasteiger partial charge in [-0.1, -0.05) is 12.1 Å². The molecule has 0 unspecified atom stereocenters. The van der Waals surface area contributed by atoms with Crippen LogP contribution in [0.1, 0.15) is 5.56 Å². The van der Waals surface area contributed by atoms with E-state index in [1.54, 1.807) is 6.07 Å². The highest BCUT2D eigenvalue weighted by Gasteiger charge is 2.08. The van der Waals surface area contributed by atoms with Crippen LogP contribution in [0.3, 0.4) is 0 Å². The van der Waals surface area contributed by atoms with Gasteiger partial charge in [-0.25, -0.2) is 8.78 Å². The van der Waals surface area contributed by atoms with Gasteiger partial charge in [0.2, 0.25) is 0 Å². The Morgan fingerprint density at radius 3 is 2.62 bits per heavy atom. The Balaban J connectivity index is 2.48. The number of rotatable bonds is 2. The lowest BCUT2D eigenvalue weighted by atomic mass is 10.1. The molecule has 0 aliphatic carbocycles. The van der Waals surface area contributed by atoms with Crippen LogP contribution in [0.15, 0.2) is 36.5 Å². The number of alkyl halides is 1. The first-order chi connectivity index (χ1) is 7.70. The number of pyridine rings is 1. The Labute approximate surface area is 96.7 Å². The molecule has 0 radical (unpaired) electrons. The number of aromatic nitrogens is 1. The highest BCUT2D eigenvalue weighted by Crippen LogP contribution is 2.22. The molecule has 0 aliphatic rings. The summed E-state index contributed by atoms with van der Waals surface area (Å²) in [5.74, 6) is -0.711. The fourth-order valence-corrected chi connectivity index (χ4v) is 1.54. The lowest BCUT2D eigenvalue weighted by Gasteiger charge is -2.03. The maximum Gasteiger partial charge on any atom is 0.149 e.